The molecule has 1 aliphatic carbocycles. The van der Waals surface area contributed by atoms with Crippen molar-refractivity contribution in [3.8, 4) is 0 Å². The van der Waals surface area contributed by atoms with Crippen LogP contribution >= 0.6 is 0 Å². The van der Waals surface area contributed by atoms with E-state index in [0.29, 0.717) is 12.1 Å². The number of nitrogens with one attached hydrogen (secondary N) is 1. The molecular weight excluding hydrogens is 194 g/mol. The molecule has 2 rings (SSSR count). The molecule has 15 heavy (non-hydrogen) atoms. The number of aromatic nitrogens is 4. The Balaban J connectivity index is 1.94. The van der Waals surface area contributed by atoms with Gasteiger partial charge in [0, 0.05) is 7.11 Å². The molecule has 1 heterocycles. The average Bonchev–Trinajstić information content (AvgIpc) is 2.61. The number of tetrazole rings is 1. The van der Waals surface area contributed by atoms with Crippen LogP contribution in [0.1, 0.15) is 31.6 Å². The largest absolute Gasteiger partial charge is 0.381 e. The Kier molecular flexibility index (Phi) is 3.27. The van der Waals surface area contributed by atoms with Crippen molar-refractivity contribution in [2.24, 2.45) is 0 Å². The summed E-state index contributed by atoms with van der Waals surface area (Å²) in [6.07, 6.45) is 2.41. The quantitative estimate of drug-likeness (QED) is 0.750. The Morgan fingerprint density at radius 2 is 2.33 bits per heavy atom. The number of nitrogens with zero attached hydrogens (tertiary/aromatic N) is 4. The van der Waals surface area contributed by atoms with E-state index in [9.17, 15) is 0 Å². The van der Waals surface area contributed by atoms with E-state index in [1.54, 1.807) is 7.11 Å². The summed E-state index contributed by atoms with van der Waals surface area (Å²) in [5.41, 5.74) is 0. The van der Waals surface area contributed by atoms with Crippen LogP contribution in [0.2, 0.25) is 0 Å². The predicted octanol–water partition coefficient (Wildman–Crippen LogP) is 0.132. The molecule has 0 aliphatic heterocycles. The van der Waals surface area contributed by atoms with E-state index in [1.807, 2.05) is 4.68 Å². The van der Waals surface area contributed by atoms with E-state index in [1.165, 1.54) is 0 Å². The third-order valence-electron chi connectivity index (χ3n) is 2.84. The maximum atomic E-state index is 5.24. The smallest absolute Gasteiger partial charge is 0.165 e. The first-order valence-corrected chi connectivity index (χ1v) is 5.35. The lowest BCUT2D eigenvalue weighted by Crippen LogP contribution is -2.34. The number of rotatable bonds is 5. The van der Waals surface area contributed by atoms with Gasteiger partial charge in [-0.05, 0) is 29.8 Å². The van der Waals surface area contributed by atoms with Crippen LogP contribution in [0.3, 0.4) is 0 Å². The van der Waals surface area contributed by atoms with Gasteiger partial charge in [-0.2, -0.15) is 0 Å². The molecule has 0 radical (unpaired) electrons. The Labute approximate surface area is 89.0 Å². The molecule has 84 valence electrons. The normalized spacial score (nSPS) is 25.2. The first kappa shape index (κ1) is 10.5. The van der Waals surface area contributed by atoms with E-state index in [2.05, 4.69) is 27.8 Å². The van der Waals surface area contributed by atoms with Gasteiger partial charge in [0.1, 0.15) is 0 Å². The summed E-state index contributed by atoms with van der Waals surface area (Å²) in [6.45, 7) is 3.73. The second-order valence-corrected chi connectivity index (χ2v) is 3.80. The zero-order valence-electron chi connectivity index (χ0n) is 9.18. The van der Waals surface area contributed by atoms with Gasteiger partial charge in [-0.25, -0.2) is 4.68 Å². The predicted molar refractivity (Wildman–Crippen MR) is 54.3 cm³/mol. The topological polar surface area (TPSA) is 64.9 Å². The van der Waals surface area contributed by atoms with Crippen LogP contribution in [-0.4, -0.2) is 40.0 Å². The summed E-state index contributed by atoms with van der Waals surface area (Å²) in [6, 6.07) is 0.415. The van der Waals surface area contributed by atoms with E-state index in [0.717, 1.165) is 31.8 Å². The lowest BCUT2D eigenvalue weighted by molar-refractivity contribution is 0.000958. The van der Waals surface area contributed by atoms with Crippen molar-refractivity contribution in [3.05, 3.63) is 5.82 Å². The van der Waals surface area contributed by atoms with Gasteiger partial charge >= 0.3 is 0 Å². The van der Waals surface area contributed by atoms with Crippen LogP contribution in [-0.2, 0) is 11.3 Å². The molecule has 0 amide bonds. The van der Waals surface area contributed by atoms with Crippen LogP contribution in [0.4, 0.5) is 0 Å². The lowest BCUT2D eigenvalue weighted by Gasteiger charge is -2.34. The molecule has 1 N–H and O–H groups in total. The fraction of sp³-hybridized carbons (Fsp3) is 0.889. The van der Waals surface area contributed by atoms with E-state index < -0.39 is 0 Å². The van der Waals surface area contributed by atoms with Crippen LogP contribution in [0.25, 0.3) is 0 Å². The monoisotopic (exact) mass is 211 g/mol. The first-order valence-electron chi connectivity index (χ1n) is 5.35. The van der Waals surface area contributed by atoms with Crippen molar-refractivity contribution in [1.29, 1.82) is 0 Å². The van der Waals surface area contributed by atoms with E-state index in [-0.39, 0.29) is 0 Å². The Bertz CT molecular complexity index is 307. The summed E-state index contributed by atoms with van der Waals surface area (Å²) < 4.78 is 7.15. The van der Waals surface area contributed by atoms with Gasteiger partial charge in [-0.15, -0.1) is 5.10 Å². The van der Waals surface area contributed by atoms with Gasteiger partial charge in [0.15, 0.2) is 5.82 Å². The molecule has 6 heteroatoms. The van der Waals surface area contributed by atoms with Crippen LogP contribution in [0.5, 0.6) is 0 Å². The minimum Gasteiger partial charge on any atom is -0.381 e. The zero-order valence-corrected chi connectivity index (χ0v) is 9.18. The second kappa shape index (κ2) is 4.67. The van der Waals surface area contributed by atoms with Crippen molar-refractivity contribution in [1.82, 2.24) is 25.5 Å². The molecule has 1 aromatic heterocycles. The molecule has 0 spiro atoms. The summed E-state index contributed by atoms with van der Waals surface area (Å²) in [7, 11) is 1.75. The molecule has 0 aromatic carbocycles. The molecular formula is C9H17N5O. The van der Waals surface area contributed by atoms with Crippen molar-refractivity contribution in [2.45, 2.75) is 38.5 Å². The van der Waals surface area contributed by atoms with E-state index >= 15 is 0 Å². The third kappa shape index (κ3) is 2.15. The van der Waals surface area contributed by atoms with Gasteiger partial charge in [0.2, 0.25) is 0 Å². The fourth-order valence-electron chi connectivity index (χ4n) is 1.78. The molecule has 1 aliphatic rings. The van der Waals surface area contributed by atoms with Crippen molar-refractivity contribution in [3.63, 3.8) is 0 Å². The highest BCUT2D eigenvalue weighted by atomic mass is 16.5. The number of hydrogen-bond donors (Lipinski definition) is 1. The van der Waals surface area contributed by atoms with Gasteiger partial charge in [-0.1, -0.05) is 6.92 Å². The minimum atomic E-state index is 0.381. The molecule has 1 saturated carbocycles. The molecule has 0 atom stereocenters. The van der Waals surface area contributed by atoms with Crippen LogP contribution in [0, 0.1) is 0 Å². The first-order chi connectivity index (χ1) is 7.35. The highest BCUT2D eigenvalue weighted by molar-refractivity contribution is 4.91. The van der Waals surface area contributed by atoms with E-state index in [4.69, 9.17) is 4.74 Å². The van der Waals surface area contributed by atoms with Crippen molar-refractivity contribution in [2.75, 3.05) is 13.7 Å². The summed E-state index contributed by atoms with van der Waals surface area (Å²) in [4.78, 5) is 0. The SMILES string of the molecule is CCNCc1nnnn1C1CC(OC)C1. The van der Waals surface area contributed by atoms with Gasteiger partial charge in [-0.3, -0.25) is 0 Å². The number of hydrogen-bond acceptors (Lipinski definition) is 5. The Hall–Kier alpha value is -1.01. The number of ether oxygens (including phenoxy) is 1. The maximum Gasteiger partial charge on any atom is 0.165 e. The highest BCUT2D eigenvalue weighted by Crippen LogP contribution is 2.33. The Morgan fingerprint density at radius 3 is 3.00 bits per heavy atom. The summed E-state index contributed by atoms with van der Waals surface area (Å²) >= 11 is 0. The second-order valence-electron chi connectivity index (χ2n) is 3.80. The van der Waals surface area contributed by atoms with Crippen molar-refractivity contribution < 1.29 is 4.74 Å². The average molecular weight is 211 g/mol. The molecule has 0 saturated heterocycles. The maximum absolute atomic E-state index is 5.24. The fourth-order valence-corrected chi connectivity index (χ4v) is 1.78. The highest BCUT2D eigenvalue weighted by Gasteiger charge is 2.32. The number of methoxy groups -OCH3 is 1. The van der Waals surface area contributed by atoms with Gasteiger partial charge < -0.3 is 10.1 Å². The van der Waals surface area contributed by atoms with Crippen LogP contribution in [0.15, 0.2) is 0 Å². The lowest BCUT2D eigenvalue weighted by atomic mass is 9.89. The van der Waals surface area contributed by atoms with Gasteiger partial charge in [0.25, 0.3) is 0 Å². The Morgan fingerprint density at radius 1 is 1.53 bits per heavy atom. The summed E-state index contributed by atoms with van der Waals surface area (Å²) in [5.74, 6) is 0.913. The molecule has 0 unspecified atom stereocenters. The molecule has 1 aromatic rings. The van der Waals surface area contributed by atoms with Gasteiger partial charge in [0.05, 0.1) is 18.7 Å². The van der Waals surface area contributed by atoms with Crippen molar-refractivity contribution >= 4 is 0 Å². The third-order valence-corrected chi connectivity index (χ3v) is 2.84. The molecule has 0 bridgehead atoms. The van der Waals surface area contributed by atoms with Crippen LogP contribution < -0.4 is 5.32 Å². The molecule has 6 nitrogen and oxygen atoms in total. The summed E-state index contributed by atoms with van der Waals surface area (Å²) in [5, 5.41) is 15.0. The minimum absolute atomic E-state index is 0.381. The molecule has 1 fully saturated rings. The zero-order chi connectivity index (χ0) is 10.7. The standard InChI is InChI=1S/C9H17N5O/c1-3-10-6-9-11-12-13-14(9)7-4-8(5-7)15-2/h7-8,10H,3-6H2,1-2H3.